The Hall–Kier alpha value is -3.93. The van der Waals surface area contributed by atoms with Gasteiger partial charge in [0.15, 0.2) is 6.10 Å². The van der Waals surface area contributed by atoms with Crippen LogP contribution in [0.4, 0.5) is 0 Å². The maximum atomic E-state index is 12.8. The van der Waals surface area contributed by atoms with E-state index in [-0.39, 0.29) is 37.5 Å². The quantitative estimate of drug-likeness (QED) is 0.0199. The number of ether oxygens (including phenoxy) is 3. The highest BCUT2D eigenvalue weighted by molar-refractivity contribution is 5.71. The lowest BCUT2D eigenvalue weighted by Crippen LogP contribution is -2.30. The second kappa shape index (κ2) is 51.7. The van der Waals surface area contributed by atoms with Crippen LogP contribution in [0.1, 0.15) is 220 Å². The molecule has 0 radical (unpaired) electrons. The molecule has 1 unspecified atom stereocenters. The van der Waals surface area contributed by atoms with E-state index < -0.39 is 6.10 Å². The van der Waals surface area contributed by atoms with Crippen molar-refractivity contribution in [3.05, 3.63) is 109 Å². The van der Waals surface area contributed by atoms with Gasteiger partial charge in [-0.1, -0.05) is 214 Å². The molecule has 0 aliphatic carbocycles. The highest BCUT2D eigenvalue weighted by Crippen LogP contribution is 2.14. The van der Waals surface area contributed by atoms with Gasteiger partial charge in [0.2, 0.25) is 0 Å². The first kappa shape index (κ1) is 60.1. The molecule has 0 saturated carbocycles. The first-order chi connectivity index (χ1) is 31.5. The van der Waals surface area contributed by atoms with E-state index in [9.17, 15) is 14.4 Å². The Balaban J connectivity index is 4.50. The van der Waals surface area contributed by atoms with E-state index in [1.165, 1.54) is 77.0 Å². The fraction of sp³-hybridized carbons (Fsp3) is 0.638. The minimum absolute atomic E-state index is 0.104. The second-order valence-electron chi connectivity index (χ2n) is 16.8. The average Bonchev–Trinajstić information content (AvgIpc) is 3.29. The van der Waals surface area contributed by atoms with E-state index in [4.69, 9.17) is 14.2 Å². The molecule has 0 aromatic rings. The van der Waals surface area contributed by atoms with Crippen molar-refractivity contribution in [1.29, 1.82) is 0 Å². The number of esters is 3. The topological polar surface area (TPSA) is 78.9 Å². The van der Waals surface area contributed by atoms with Crippen molar-refractivity contribution in [3.8, 4) is 0 Å². The van der Waals surface area contributed by atoms with Crippen LogP contribution in [-0.4, -0.2) is 37.2 Å². The first-order valence-corrected chi connectivity index (χ1v) is 26.0. The van der Waals surface area contributed by atoms with E-state index in [0.717, 1.165) is 96.3 Å². The van der Waals surface area contributed by atoms with Gasteiger partial charge in [-0.05, 0) is 96.3 Å². The van der Waals surface area contributed by atoms with Gasteiger partial charge in [0.05, 0.1) is 0 Å². The molecule has 0 bridgehead atoms. The summed E-state index contributed by atoms with van der Waals surface area (Å²) in [6, 6.07) is 0. The Bertz CT molecular complexity index is 1340. The Morgan fingerprint density at radius 1 is 0.344 bits per heavy atom. The van der Waals surface area contributed by atoms with Crippen molar-refractivity contribution in [3.63, 3.8) is 0 Å². The number of unbranched alkanes of at least 4 members (excludes halogenated alkanes) is 20. The minimum Gasteiger partial charge on any atom is -0.462 e. The number of hydrogen-bond acceptors (Lipinski definition) is 6. The van der Waals surface area contributed by atoms with Gasteiger partial charge in [-0.25, -0.2) is 0 Å². The summed E-state index contributed by atoms with van der Waals surface area (Å²) in [4.78, 5) is 38.0. The van der Waals surface area contributed by atoms with E-state index in [1.54, 1.807) is 0 Å². The first-order valence-electron chi connectivity index (χ1n) is 26.0. The van der Waals surface area contributed by atoms with Crippen LogP contribution in [0.25, 0.3) is 0 Å². The third-order valence-corrected chi connectivity index (χ3v) is 10.6. The van der Waals surface area contributed by atoms with Crippen LogP contribution in [0, 0.1) is 0 Å². The molecule has 0 heterocycles. The van der Waals surface area contributed by atoms with Gasteiger partial charge in [-0.2, -0.15) is 0 Å². The zero-order valence-electron chi connectivity index (χ0n) is 41.3. The molecule has 64 heavy (non-hydrogen) atoms. The molecule has 0 aromatic heterocycles. The van der Waals surface area contributed by atoms with Crippen LogP contribution >= 0.6 is 0 Å². The van der Waals surface area contributed by atoms with Gasteiger partial charge in [-0.15, -0.1) is 0 Å². The molecule has 0 amide bonds. The van der Waals surface area contributed by atoms with Gasteiger partial charge in [0, 0.05) is 19.3 Å². The third kappa shape index (κ3) is 49.1. The maximum absolute atomic E-state index is 12.8. The monoisotopic (exact) mass is 887 g/mol. The summed E-state index contributed by atoms with van der Waals surface area (Å²) in [6.07, 6.45) is 69.2. The minimum atomic E-state index is -0.809. The third-order valence-electron chi connectivity index (χ3n) is 10.6. The molecule has 0 N–H and O–H groups in total. The standard InChI is InChI=1S/C58H94O6/c1-4-7-10-13-16-19-22-25-28-31-33-36-39-42-45-48-51-57(60)63-54-55(64-58(61)52-49-46-43-40-37-34-30-27-24-21-18-15-12-9-6-3)53-62-56(59)50-47-44-41-38-35-32-29-26-23-20-17-14-11-8-5-2/h7,9-10,12,15-16,18-21,23-25,27-28,30,34,37,55H,4-6,8,11,13-14,17,22,26,29,31-33,35-36,38-54H2,1-3H3/b10-7-,12-9-,18-15-,19-16-,23-20-,24-21-,28-25-,30-27-,37-34-. The number of allylic oxidation sites excluding steroid dienone is 18. The molecule has 6 heteroatoms. The predicted molar refractivity (Wildman–Crippen MR) is 274 cm³/mol. The SMILES string of the molecule is CC\C=C/C=C\C=C/C=C\C=C/CCCCCC(=O)OC(COC(=O)CCCCCCCC/C=C\C/C=C\C/C=C\CC)COC(=O)CCCCCCCCC/C=C\CCCCCC. The summed E-state index contributed by atoms with van der Waals surface area (Å²) in [5.74, 6) is -0.968. The summed E-state index contributed by atoms with van der Waals surface area (Å²) in [5.41, 5.74) is 0. The Morgan fingerprint density at radius 3 is 1.17 bits per heavy atom. The van der Waals surface area contributed by atoms with Crippen LogP contribution in [0.2, 0.25) is 0 Å². The van der Waals surface area contributed by atoms with Crippen molar-refractivity contribution >= 4 is 17.9 Å². The zero-order valence-corrected chi connectivity index (χ0v) is 41.3. The molecule has 362 valence electrons. The van der Waals surface area contributed by atoms with Crippen LogP contribution in [0.15, 0.2) is 109 Å². The maximum Gasteiger partial charge on any atom is 0.306 e. The van der Waals surface area contributed by atoms with Gasteiger partial charge in [0.1, 0.15) is 13.2 Å². The summed E-state index contributed by atoms with van der Waals surface area (Å²) in [5, 5.41) is 0. The highest BCUT2D eigenvalue weighted by Gasteiger charge is 2.19. The molecule has 0 aliphatic rings. The zero-order chi connectivity index (χ0) is 46.5. The van der Waals surface area contributed by atoms with E-state index in [1.807, 2.05) is 48.6 Å². The fourth-order valence-corrected chi connectivity index (χ4v) is 6.77. The van der Waals surface area contributed by atoms with Crippen molar-refractivity contribution < 1.29 is 28.6 Å². The van der Waals surface area contributed by atoms with E-state index in [0.29, 0.717) is 19.3 Å². The molecular weight excluding hydrogens is 793 g/mol. The van der Waals surface area contributed by atoms with Crippen LogP contribution in [-0.2, 0) is 28.6 Å². The summed E-state index contributed by atoms with van der Waals surface area (Å²) >= 11 is 0. The summed E-state index contributed by atoms with van der Waals surface area (Å²) in [7, 11) is 0. The summed E-state index contributed by atoms with van der Waals surface area (Å²) < 4.78 is 16.8. The number of carbonyl (C=O) groups is 3. The van der Waals surface area contributed by atoms with Crippen LogP contribution in [0.3, 0.4) is 0 Å². The summed E-state index contributed by atoms with van der Waals surface area (Å²) in [6.45, 7) is 6.31. The van der Waals surface area contributed by atoms with Crippen molar-refractivity contribution in [2.24, 2.45) is 0 Å². The van der Waals surface area contributed by atoms with Gasteiger partial charge < -0.3 is 14.2 Å². The number of hydrogen-bond donors (Lipinski definition) is 0. The molecule has 0 saturated heterocycles. The largest absolute Gasteiger partial charge is 0.462 e. The number of carbonyl (C=O) groups excluding carboxylic acids is 3. The normalized spacial score (nSPS) is 13.0. The van der Waals surface area contributed by atoms with Crippen molar-refractivity contribution in [2.75, 3.05) is 13.2 Å². The lowest BCUT2D eigenvalue weighted by atomic mass is 10.1. The molecule has 0 aliphatic heterocycles. The molecular formula is C58H94O6. The van der Waals surface area contributed by atoms with Crippen LogP contribution < -0.4 is 0 Å². The highest BCUT2D eigenvalue weighted by atomic mass is 16.6. The van der Waals surface area contributed by atoms with Gasteiger partial charge >= 0.3 is 17.9 Å². The molecule has 6 nitrogen and oxygen atoms in total. The number of rotatable bonds is 45. The lowest BCUT2D eigenvalue weighted by molar-refractivity contribution is -0.167. The predicted octanol–water partition coefficient (Wildman–Crippen LogP) is 17.1. The smallest absolute Gasteiger partial charge is 0.306 e. The molecule has 1 atom stereocenters. The van der Waals surface area contributed by atoms with Gasteiger partial charge in [-0.3, -0.25) is 14.4 Å². The Kier molecular flexibility index (Phi) is 48.5. The molecule has 0 spiro atoms. The van der Waals surface area contributed by atoms with Gasteiger partial charge in [0.25, 0.3) is 0 Å². The van der Waals surface area contributed by atoms with Crippen LogP contribution in [0.5, 0.6) is 0 Å². The molecule has 0 fully saturated rings. The Labute approximate surface area is 393 Å². The fourth-order valence-electron chi connectivity index (χ4n) is 6.77. The van der Waals surface area contributed by atoms with Crippen molar-refractivity contribution in [2.45, 2.75) is 226 Å². The molecule has 0 aromatic carbocycles. The average molecular weight is 887 g/mol. The van der Waals surface area contributed by atoms with E-state index in [2.05, 4.69) is 81.5 Å². The Morgan fingerprint density at radius 2 is 0.688 bits per heavy atom. The lowest BCUT2D eigenvalue weighted by Gasteiger charge is -2.18. The van der Waals surface area contributed by atoms with E-state index >= 15 is 0 Å². The van der Waals surface area contributed by atoms with Crippen molar-refractivity contribution in [1.82, 2.24) is 0 Å². The second-order valence-corrected chi connectivity index (χ2v) is 16.8. The molecule has 0 rings (SSSR count).